The van der Waals surface area contributed by atoms with Gasteiger partial charge in [-0.25, -0.2) is 0 Å². The van der Waals surface area contributed by atoms with Crippen LogP contribution in [0.3, 0.4) is 0 Å². The lowest BCUT2D eigenvalue weighted by Gasteiger charge is -2.16. The van der Waals surface area contributed by atoms with Crippen molar-refractivity contribution in [3.05, 3.63) is 28.2 Å². The fourth-order valence-corrected chi connectivity index (χ4v) is 2.77. The van der Waals surface area contributed by atoms with Crippen molar-refractivity contribution >= 4 is 27.5 Å². The number of benzene rings is 1. The van der Waals surface area contributed by atoms with Gasteiger partial charge in [0.2, 0.25) is 5.91 Å². The van der Waals surface area contributed by atoms with Crippen LogP contribution in [0.4, 0.5) is 5.69 Å². The minimum atomic E-state index is 0.0818. The second kappa shape index (κ2) is 5.85. The first-order valence-electron chi connectivity index (χ1n) is 6.41. The summed E-state index contributed by atoms with van der Waals surface area (Å²) in [5, 5.41) is 6.32. The molecule has 2 unspecified atom stereocenters. The van der Waals surface area contributed by atoms with Gasteiger partial charge in [-0.15, -0.1) is 0 Å². The van der Waals surface area contributed by atoms with E-state index in [1.54, 1.807) is 0 Å². The molecule has 1 aromatic carbocycles. The van der Waals surface area contributed by atoms with Crippen LogP contribution >= 0.6 is 15.9 Å². The Morgan fingerprint density at radius 3 is 2.89 bits per heavy atom. The maximum Gasteiger partial charge on any atom is 0.229 e. The van der Waals surface area contributed by atoms with Crippen LogP contribution in [0.25, 0.3) is 0 Å². The van der Waals surface area contributed by atoms with Crippen LogP contribution < -0.4 is 10.6 Å². The van der Waals surface area contributed by atoms with Gasteiger partial charge in [-0.1, -0.05) is 29.8 Å². The molecule has 0 aliphatic carbocycles. The molecule has 3 nitrogen and oxygen atoms in total. The Hall–Kier alpha value is -0.870. The van der Waals surface area contributed by atoms with Gasteiger partial charge in [0.05, 0.1) is 5.92 Å². The topological polar surface area (TPSA) is 41.1 Å². The van der Waals surface area contributed by atoms with Gasteiger partial charge in [-0.2, -0.15) is 0 Å². The molecule has 0 saturated carbocycles. The van der Waals surface area contributed by atoms with E-state index >= 15 is 0 Å². The van der Waals surface area contributed by atoms with E-state index in [0.29, 0.717) is 5.92 Å². The molecule has 1 aliphatic rings. The summed E-state index contributed by atoms with van der Waals surface area (Å²) in [5.41, 5.74) is 2.10. The quantitative estimate of drug-likeness (QED) is 0.901. The summed E-state index contributed by atoms with van der Waals surface area (Å²) in [6.45, 7) is 5.92. The van der Waals surface area contributed by atoms with Gasteiger partial charge >= 0.3 is 0 Å². The Morgan fingerprint density at radius 2 is 2.28 bits per heavy atom. The summed E-state index contributed by atoms with van der Waals surface area (Å²) in [5.74, 6) is 0.619. The highest BCUT2D eigenvalue weighted by atomic mass is 79.9. The first kappa shape index (κ1) is 13.6. The van der Waals surface area contributed by atoms with Crippen LogP contribution in [0.2, 0.25) is 0 Å². The van der Waals surface area contributed by atoms with Crippen molar-refractivity contribution in [2.45, 2.75) is 20.3 Å². The SMILES string of the molecule is CCc1cc(Br)ccc1NC(=O)C1CNCC1C. The van der Waals surface area contributed by atoms with Gasteiger partial charge in [-0.3, -0.25) is 4.79 Å². The van der Waals surface area contributed by atoms with Crippen molar-refractivity contribution in [1.82, 2.24) is 5.32 Å². The number of hydrogen-bond acceptors (Lipinski definition) is 2. The molecular weight excluding hydrogens is 292 g/mol. The standard InChI is InChI=1S/C14H19BrN2O/c1-3-10-6-11(15)4-5-13(10)17-14(18)12-8-16-7-9(12)2/h4-6,9,12,16H,3,7-8H2,1-2H3,(H,17,18). The predicted molar refractivity (Wildman–Crippen MR) is 77.7 cm³/mol. The van der Waals surface area contributed by atoms with E-state index < -0.39 is 0 Å². The molecule has 1 aromatic rings. The molecule has 18 heavy (non-hydrogen) atoms. The molecule has 98 valence electrons. The molecule has 1 saturated heterocycles. The summed E-state index contributed by atoms with van der Waals surface area (Å²) >= 11 is 3.46. The molecule has 2 atom stereocenters. The molecule has 2 rings (SSSR count). The fraction of sp³-hybridized carbons (Fsp3) is 0.500. The largest absolute Gasteiger partial charge is 0.326 e. The first-order valence-corrected chi connectivity index (χ1v) is 7.21. The summed E-state index contributed by atoms with van der Waals surface area (Å²) in [6.07, 6.45) is 0.910. The Balaban J connectivity index is 2.11. The van der Waals surface area contributed by atoms with E-state index in [0.717, 1.165) is 35.2 Å². The molecule has 1 aliphatic heterocycles. The lowest BCUT2D eigenvalue weighted by molar-refractivity contribution is -0.120. The van der Waals surface area contributed by atoms with Gasteiger partial charge in [0.15, 0.2) is 0 Å². The lowest BCUT2D eigenvalue weighted by atomic mass is 9.97. The number of amides is 1. The minimum absolute atomic E-state index is 0.0818. The van der Waals surface area contributed by atoms with Crippen molar-refractivity contribution in [1.29, 1.82) is 0 Å². The molecule has 0 spiro atoms. The second-order valence-corrected chi connectivity index (χ2v) is 5.80. The summed E-state index contributed by atoms with van der Waals surface area (Å²) in [6, 6.07) is 5.99. The van der Waals surface area contributed by atoms with E-state index in [9.17, 15) is 4.79 Å². The average Bonchev–Trinajstić information content (AvgIpc) is 2.77. The number of carbonyl (C=O) groups excluding carboxylic acids is 1. The third-order valence-electron chi connectivity index (χ3n) is 3.56. The smallest absolute Gasteiger partial charge is 0.229 e. The van der Waals surface area contributed by atoms with Gasteiger partial charge in [0.1, 0.15) is 0 Å². The lowest BCUT2D eigenvalue weighted by Crippen LogP contribution is -2.28. The van der Waals surface area contributed by atoms with E-state index in [-0.39, 0.29) is 11.8 Å². The van der Waals surface area contributed by atoms with Gasteiger partial charge < -0.3 is 10.6 Å². The Kier molecular flexibility index (Phi) is 4.40. The van der Waals surface area contributed by atoms with E-state index in [1.165, 1.54) is 0 Å². The number of anilines is 1. The monoisotopic (exact) mass is 310 g/mol. The third kappa shape index (κ3) is 2.93. The van der Waals surface area contributed by atoms with Crippen LogP contribution in [0.5, 0.6) is 0 Å². The van der Waals surface area contributed by atoms with Crippen molar-refractivity contribution in [3.8, 4) is 0 Å². The zero-order valence-corrected chi connectivity index (χ0v) is 12.4. The number of aryl methyl sites for hydroxylation is 1. The average molecular weight is 311 g/mol. The normalized spacial score (nSPS) is 23.1. The maximum absolute atomic E-state index is 12.2. The summed E-state index contributed by atoms with van der Waals surface area (Å²) in [7, 11) is 0. The molecule has 1 fully saturated rings. The minimum Gasteiger partial charge on any atom is -0.326 e. The number of carbonyl (C=O) groups is 1. The van der Waals surface area contributed by atoms with E-state index in [1.807, 2.05) is 12.1 Å². The summed E-state index contributed by atoms with van der Waals surface area (Å²) in [4.78, 5) is 12.2. The zero-order chi connectivity index (χ0) is 13.1. The molecule has 1 amide bonds. The number of halogens is 1. The molecule has 4 heteroatoms. The number of hydrogen-bond donors (Lipinski definition) is 2. The van der Waals surface area contributed by atoms with Crippen LogP contribution in [0, 0.1) is 11.8 Å². The highest BCUT2D eigenvalue weighted by molar-refractivity contribution is 9.10. The van der Waals surface area contributed by atoms with Crippen LogP contribution in [0.1, 0.15) is 19.4 Å². The Bertz CT molecular complexity index is 447. The van der Waals surface area contributed by atoms with Gasteiger partial charge in [-0.05, 0) is 42.6 Å². The predicted octanol–water partition coefficient (Wildman–Crippen LogP) is 2.81. The molecule has 0 radical (unpaired) electrons. The molecule has 2 N–H and O–H groups in total. The first-order chi connectivity index (χ1) is 8.61. The van der Waals surface area contributed by atoms with Crippen LogP contribution in [-0.4, -0.2) is 19.0 Å². The van der Waals surface area contributed by atoms with Gasteiger partial charge in [0, 0.05) is 16.7 Å². The summed E-state index contributed by atoms with van der Waals surface area (Å²) < 4.78 is 1.05. The Morgan fingerprint density at radius 1 is 1.50 bits per heavy atom. The third-order valence-corrected chi connectivity index (χ3v) is 4.05. The van der Waals surface area contributed by atoms with Gasteiger partial charge in [0.25, 0.3) is 0 Å². The maximum atomic E-state index is 12.2. The van der Waals surface area contributed by atoms with Crippen molar-refractivity contribution in [2.75, 3.05) is 18.4 Å². The van der Waals surface area contributed by atoms with Crippen molar-refractivity contribution < 1.29 is 4.79 Å². The Labute approximate surface area is 116 Å². The fourth-order valence-electron chi connectivity index (χ4n) is 2.36. The van der Waals surface area contributed by atoms with Crippen molar-refractivity contribution in [3.63, 3.8) is 0 Å². The van der Waals surface area contributed by atoms with E-state index in [2.05, 4.69) is 46.5 Å². The second-order valence-electron chi connectivity index (χ2n) is 4.89. The van der Waals surface area contributed by atoms with Crippen LogP contribution in [-0.2, 0) is 11.2 Å². The molecule has 0 bridgehead atoms. The van der Waals surface area contributed by atoms with E-state index in [4.69, 9.17) is 0 Å². The number of nitrogens with one attached hydrogen (secondary N) is 2. The highest BCUT2D eigenvalue weighted by Crippen LogP contribution is 2.24. The van der Waals surface area contributed by atoms with Crippen LogP contribution in [0.15, 0.2) is 22.7 Å². The highest BCUT2D eigenvalue weighted by Gasteiger charge is 2.29. The molecule has 0 aromatic heterocycles. The number of rotatable bonds is 3. The zero-order valence-electron chi connectivity index (χ0n) is 10.8. The van der Waals surface area contributed by atoms with Crippen molar-refractivity contribution in [2.24, 2.45) is 11.8 Å². The molecule has 1 heterocycles. The molecular formula is C14H19BrN2O.